The van der Waals surface area contributed by atoms with Gasteiger partial charge in [0.1, 0.15) is 11.8 Å². The molecule has 0 heterocycles. The van der Waals surface area contributed by atoms with Crippen LogP contribution in [-0.2, 0) is 0 Å². The molecule has 0 unspecified atom stereocenters. The SMILES string of the molecule is CC/C(=C\c1ccc(OCC#N)cc1)[N+](=O)[O-]. The normalized spacial score (nSPS) is 10.7. The molecular weight excluding hydrogens is 220 g/mol. The molecule has 0 saturated carbocycles. The van der Waals surface area contributed by atoms with Gasteiger partial charge in [-0.15, -0.1) is 0 Å². The van der Waals surface area contributed by atoms with E-state index >= 15 is 0 Å². The van der Waals surface area contributed by atoms with Gasteiger partial charge in [-0.1, -0.05) is 19.1 Å². The molecule has 0 aliphatic rings. The minimum absolute atomic E-state index is 0.00963. The molecular formula is C12H12N2O3. The van der Waals surface area contributed by atoms with Crippen LogP contribution in [-0.4, -0.2) is 11.5 Å². The lowest BCUT2D eigenvalue weighted by Gasteiger charge is -2.01. The van der Waals surface area contributed by atoms with Crippen LogP contribution in [0.4, 0.5) is 0 Å². The molecule has 0 atom stereocenters. The molecule has 0 N–H and O–H groups in total. The maximum Gasteiger partial charge on any atom is 0.246 e. The van der Waals surface area contributed by atoms with Crippen molar-refractivity contribution in [3.05, 3.63) is 45.6 Å². The summed E-state index contributed by atoms with van der Waals surface area (Å²) in [6.07, 6.45) is 1.90. The van der Waals surface area contributed by atoms with Crippen LogP contribution in [0.3, 0.4) is 0 Å². The molecule has 5 heteroatoms. The zero-order chi connectivity index (χ0) is 12.7. The highest BCUT2D eigenvalue weighted by Crippen LogP contribution is 2.15. The lowest BCUT2D eigenvalue weighted by molar-refractivity contribution is -0.425. The molecule has 0 aromatic heterocycles. The van der Waals surface area contributed by atoms with Gasteiger partial charge in [0.05, 0.1) is 4.92 Å². The van der Waals surface area contributed by atoms with E-state index < -0.39 is 0 Å². The number of hydrogen-bond donors (Lipinski definition) is 0. The van der Waals surface area contributed by atoms with Crippen LogP contribution in [0.25, 0.3) is 6.08 Å². The van der Waals surface area contributed by atoms with E-state index in [-0.39, 0.29) is 17.2 Å². The molecule has 0 radical (unpaired) electrons. The van der Waals surface area contributed by atoms with Crippen molar-refractivity contribution >= 4 is 6.08 Å². The second kappa shape index (κ2) is 6.28. The van der Waals surface area contributed by atoms with Crippen molar-refractivity contribution in [3.63, 3.8) is 0 Å². The third kappa shape index (κ3) is 3.95. The van der Waals surface area contributed by atoms with Crippen LogP contribution in [0.2, 0.25) is 0 Å². The number of nitro groups is 1. The first kappa shape index (κ1) is 12.7. The summed E-state index contributed by atoms with van der Waals surface area (Å²) < 4.78 is 5.07. The zero-order valence-electron chi connectivity index (χ0n) is 9.42. The molecule has 0 spiro atoms. The predicted molar refractivity (Wildman–Crippen MR) is 62.8 cm³/mol. The Balaban J connectivity index is 2.81. The van der Waals surface area contributed by atoms with E-state index in [1.807, 2.05) is 6.07 Å². The topological polar surface area (TPSA) is 76.2 Å². The molecule has 1 aromatic carbocycles. The molecule has 0 fully saturated rings. The number of rotatable bonds is 5. The maximum absolute atomic E-state index is 10.6. The first-order chi connectivity index (χ1) is 8.17. The Kier molecular flexibility index (Phi) is 4.70. The Bertz CT molecular complexity index is 458. The van der Waals surface area contributed by atoms with Crippen LogP contribution >= 0.6 is 0 Å². The van der Waals surface area contributed by atoms with Crippen LogP contribution in [0.5, 0.6) is 5.75 Å². The molecule has 0 amide bonds. The summed E-state index contributed by atoms with van der Waals surface area (Å²) in [6, 6.07) is 8.65. The van der Waals surface area contributed by atoms with E-state index in [0.29, 0.717) is 12.2 Å². The fourth-order valence-electron chi connectivity index (χ4n) is 1.25. The van der Waals surface area contributed by atoms with E-state index in [0.717, 1.165) is 5.56 Å². The number of nitriles is 1. The largest absolute Gasteiger partial charge is 0.479 e. The van der Waals surface area contributed by atoms with Crippen LogP contribution in [0.1, 0.15) is 18.9 Å². The van der Waals surface area contributed by atoms with Crippen molar-refractivity contribution in [2.75, 3.05) is 6.61 Å². The summed E-state index contributed by atoms with van der Waals surface area (Å²) in [7, 11) is 0. The Hall–Kier alpha value is -2.35. The van der Waals surface area contributed by atoms with Gasteiger partial charge >= 0.3 is 0 Å². The Morgan fingerprint density at radius 1 is 1.53 bits per heavy atom. The quantitative estimate of drug-likeness (QED) is 0.577. The van der Waals surface area contributed by atoms with Gasteiger partial charge in [-0.2, -0.15) is 5.26 Å². The highest BCUT2D eigenvalue weighted by Gasteiger charge is 2.06. The number of ether oxygens (including phenoxy) is 1. The van der Waals surface area contributed by atoms with Gasteiger partial charge in [-0.25, -0.2) is 0 Å². The maximum atomic E-state index is 10.6. The average molecular weight is 232 g/mol. The standard InChI is InChI=1S/C12H12N2O3/c1-2-11(14(15)16)9-10-3-5-12(6-4-10)17-8-7-13/h3-6,9H,2,8H2,1H3/b11-9+. The van der Waals surface area contributed by atoms with E-state index in [4.69, 9.17) is 10.00 Å². The third-order valence-electron chi connectivity index (χ3n) is 2.11. The monoisotopic (exact) mass is 232 g/mol. The van der Waals surface area contributed by atoms with Crippen LogP contribution in [0, 0.1) is 21.4 Å². The third-order valence-corrected chi connectivity index (χ3v) is 2.11. The molecule has 0 aliphatic heterocycles. The number of allylic oxidation sites excluding steroid dienone is 1. The summed E-state index contributed by atoms with van der Waals surface area (Å²) in [5.74, 6) is 0.572. The van der Waals surface area contributed by atoms with Crippen LogP contribution < -0.4 is 4.74 Å². The highest BCUT2D eigenvalue weighted by atomic mass is 16.6. The minimum atomic E-state index is -0.389. The molecule has 1 aromatic rings. The molecule has 0 aliphatic carbocycles. The fourth-order valence-corrected chi connectivity index (χ4v) is 1.25. The lowest BCUT2D eigenvalue weighted by Crippen LogP contribution is -1.96. The van der Waals surface area contributed by atoms with Gasteiger partial charge < -0.3 is 4.74 Å². The molecule has 17 heavy (non-hydrogen) atoms. The van der Waals surface area contributed by atoms with Gasteiger partial charge in [-0.05, 0) is 17.7 Å². The van der Waals surface area contributed by atoms with E-state index in [2.05, 4.69) is 0 Å². The number of hydrogen-bond acceptors (Lipinski definition) is 4. The summed E-state index contributed by atoms with van der Waals surface area (Å²) in [5.41, 5.74) is 0.901. The first-order valence-corrected chi connectivity index (χ1v) is 5.12. The predicted octanol–water partition coefficient (Wildman–Crippen LogP) is 2.62. The van der Waals surface area contributed by atoms with Gasteiger partial charge in [0.25, 0.3) is 0 Å². The van der Waals surface area contributed by atoms with Crippen molar-refractivity contribution < 1.29 is 9.66 Å². The molecule has 88 valence electrons. The second-order valence-electron chi connectivity index (χ2n) is 3.26. The highest BCUT2D eigenvalue weighted by molar-refractivity contribution is 5.52. The van der Waals surface area contributed by atoms with Crippen molar-refractivity contribution in [1.29, 1.82) is 5.26 Å². The molecule has 0 bridgehead atoms. The zero-order valence-corrected chi connectivity index (χ0v) is 9.42. The van der Waals surface area contributed by atoms with Gasteiger partial charge in [0.2, 0.25) is 5.70 Å². The number of nitrogens with zero attached hydrogens (tertiary/aromatic N) is 2. The van der Waals surface area contributed by atoms with E-state index in [1.54, 1.807) is 31.2 Å². The Morgan fingerprint density at radius 2 is 2.18 bits per heavy atom. The second-order valence-corrected chi connectivity index (χ2v) is 3.26. The summed E-state index contributed by atoms with van der Waals surface area (Å²) >= 11 is 0. The first-order valence-electron chi connectivity index (χ1n) is 5.12. The van der Waals surface area contributed by atoms with Gasteiger partial charge in [0.15, 0.2) is 6.61 Å². The Morgan fingerprint density at radius 3 is 2.65 bits per heavy atom. The van der Waals surface area contributed by atoms with Gasteiger partial charge in [-0.3, -0.25) is 10.1 Å². The van der Waals surface area contributed by atoms with E-state index in [1.165, 1.54) is 6.08 Å². The molecule has 1 rings (SSSR count). The molecule has 0 saturated heterocycles. The average Bonchev–Trinajstić information content (AvgIpc) is 2.34. The summed E-state index contributed by atoms with van der Waals surface area (Å²) in [5, 5.41) is 19.0. The van der Waals surface area contributed by atoms with E-state index in [9.17, 15) is 10.1 Å². The number of benzene rings is 1. The lowest BCUT2D eigenvalue weighted by atomic mass is 10.1. The smallest absolute Gasteiger partial charge is 0.246 e. The van der Waals surface area contributed by atoms with Crippen molar-refractivity contribution in [1.82, 2.24) is 0 Å². The molecule has 5 nitrogen and oxygen atoms in total. The van der Waals surface area contributed by atoms with Crippen molar-refractivity contribution in [2.45, 2.75) is 13.3 Å². The fraction of sp³-hybridized carbons (Fsp3) is 0.250. The summed E-state index contributed by atoms with van der Waals surface area (Å²) in [6.45, 7) is 1.73. The van der Waals surface area contributed by atoms with Crippen LogP contribution in [0.15, 0.2) is 30.0 Å². The van der Waals surface area contributed by atoms with Gasteiger partial charge in [0, 0.05) is 12.5 Å². The minimum Gasteiger partial charge on any atom is -0.479 e. The summed E-state index contributed by atoms with van der Waals surface area (Å²) in [4.78, 5) is 10.2. The van der Waals surface area contributed by atoms with Crippen molar-refractivity contribution in [2.24, 2.45) is 0 Å². The Labute approximate surface area is 99.1 Å². The van der Waals surface area contributed by atoms with Crippen molar-refractivity contribution in [3.8, 4) is 11.8 Å².